The summed E-state index contributed by atoms with van der Waals surface area (Å²) < 4.78 is 0. The predicted molar refractivity (Wildman–Crippen MR) is 205 cm³/mol. The summed E-state index contributed by atoms with van der Waals surface area (Å²) >= 11 is 0. The van der Waals surface area contributed by atoms with Crippen molar-refractivity contribution in [2.75, 3.05) is 0 Å². The number of nitrogens with zero attached hydrogens (tertiary/aromatic N) is 2. The van der Waals surface area contributed by atoms with Crippen LogP contribution in [0.25, 0.3) is 44.8 Å². The average Bonchev–Trinajstić information content (AvgIpc) is 3.70. The Hall–Kier alpha value is -4.33. The van der Waals surface area contributed by atoms with E-state index in [1.54, 1.807) is 26.2 Å². The summed E-state index contributed by atoms with van der Waals surface area (Å²) in [5.74, 6) is -0.900. The van der Waals surface area contributed by atoms with Gasteiger partial charge < -0.3 is 16.6 Å². The number of primary amides is 2. The Balaban J connectivity index is 0.000000226. The molecular formula is C45H38N4O5Y2-2. The number of hydrogen-bond acceptors (Lipinski definition) is 7. The zero-order chi connectivity index (χ0) is 38.9. The van der Waals surface area contributed by atoms with E-state index in [4.69, 9.17) is 21.1 Å². The van der Waals surface area contributed by atoms with E-state index < -0.39 is 17.4 Å². The third-order valence-electron chi connectivity index (χ3n) is 9.89. The maximum atomic E-state index is 12.0. The Kier molecular flexibility index (Phi) is 14.5. The summed E-state index contributed by atoms with van der Waals surface area (Å²) in [7, 11) is 0. The average molecular weight is 893 g/mol. The van der Waals surface area contributed by atoms with Crippen molar-refractivity contribution in [3.05, 3.63) is 153 Å². The minimum atomic E-state index is -0.928. The fourth-order valence-electron chi connectivity index (χ4n) is 7.29. The van der Waals surface area contributed by atoms with Crippen LogP contribution in [0.5, 0.6) is 0 Å². The van der Waals surface area contributed by atoms with Gasteiger partial charge in [-0.3, -0.25) is 19.6 Å². The number of nitrogens with two attached hydrogens (primary N) is 2. The number of aromatic nitrogens is 2. The van der Waals surface area contributed by atoms with E-state index in [1.807, 2.05) is 68.4 Å². The largest absolute Gasteiger partial charge is 0.386 e. The van der Waals surface area contributed by atoms with E-state index in [2.05, 4.69) is 47.2 Å². The maximum Gasteiger partial charge on any atom is 0.373 e. The van der Waals surface area contributed by atoms with Crippen molar-refractivity contribution in [1.29, 1.82) is 0 Å². The van der Waals surface area contributed by atoms with Gasteiger partial charge >= 0.3 is 6.15 Å². The van der Waals surface area contributed by atoms with Crippen molar-refractivity contribution in [2.24, 2.45) is 11.5 Å². The molecule has 2 aliphatic carbocycles. The number of rotatable bonds is 5. The molecule has 276 valence electrons. The van der Waals surface area contributed by atoms with Gasteiger partial charge in [0.05, 0.1) is 16.7 Å². The number of aryl methyl sites for hydroxylation is 3. The summed E-state index contributed by atoms with van der Waals surface area (Å²) in [6.45, 7) is 9.63. The molecule has 0 saturated carbocycles. The van der Waals surface area contributed by atoms with Crippen molar-refractivity contribution < 1.29 is 89.7 Å². The normalized spacial score (nSPS) is 11.3. The van der Waals surface area contributed by atoms with Gasteiger partial charge in [0.15, 0.2) is 0 Å². The Morgan fingerprint density at radius 1 is 0.696 bits per heavy atom. The molecule has 0 unspecified atom stereocenters. The molecule has 56 heavy (non-hydrogen) atoms. The molecule has 0 bridgehead atoms. The zero-order valence-electron chi connectivity index (χ0n) is 31.8. The standard InChI is InChI=1S/C23H21N2O2.C21H17N2O.CO2.2Y/c1-13-6-4-5-7-16(13)21-20-17-9-8-15(23(2,3)27)10-14(17)11-18(20)19(12-25-21)22(24)26;1-12-7-8-16-14(9-12)10-17-18(21(22)24)11-23-20(19(16)17)15-6-4-3-5-13(15)2;2-1-3;;/h4-5,7-10,12,27H,11H2,1-3H3,(H2,24,26);3-4,6-9,11H,10H2,1-2H3,(H2,22,24);;;/q2*-1;;;. The molecule has 0 spiro atoms. The second kappa shape index (κ2) is 18.3. The molecule has 0 aliphatic heterocycles. The number of carbonyl (C=O) groups excluding carboxylic acids is 4. The fraction of sp³-hybridized carbons (Fsp3) is 0.178. The molecule has 9 nitrogen and oxygen atoms in total. The van der Waals surface area contributed by atoms with Crippen LogP contribution in [0.2, 0.25) is 0 Å². The summed E-state index contributed by atoms with van der Waals surface area (Å²) in [6, 6.07) is 30.5. The van der Waals surface area contributed by atoms with Crippen LogP contribution in [0.1, 0.15) is 79.1 Å². The van der Waals surface area contributed by atoms with Crippen LogP contribution in [0, 0.1) is 32.9 Å². The molecule has 5 N–H and O–H groups in total. The molecule has 0 saturated heterocycles. The van der Waals surface area contributed by atoms with Crippen LogP contribution in [0.15, 0.2) is 85.2 Å². The number of fused-ring (bicyclic) bond motifs is 6. The third-order valence-corrected chi connectivity index (χ3v) is 9.89. The molecule has 0 atom stereocenters. The minimum Gasteiger partial charge on any atom is -0.386 e. The van der Waals surface area contributed by atoms with Crippen LogP contribution in [-0.2, 0) is 93.5 Å². The van der Waals surface area contributed by atoms with Gasteiger partial charge in [0.25, 0.3) is 11.8 Å². The third kappa shape index (κ3) is 8.79. The van der Waals surface area contributed by atoms with E-state index in [0.29, 0.717) is 17.5 Å². The van der Waals surface area contributed by atoms with Crippen LogP contribution >= 0.6 is 0 Å². The first-order valence-electron chi connectivity index (χ1n) is 17.3. The van der Waals surface area contributed by atoms with Gasteiger partial charge in [0.1, 0.15) is 0 Å². The smallest absolute Gasteiger partial charge is 0.373 e. The van der Waals surface area contributed by atoms with Crippen LogP contribution in [0.4, 0.5) is 0 Å². The van der Waals surface area contributed by atoms with Crippen molar-refractivity contribution in [2.45, 2.75) is 53.1 Å². The second-order valence-corrected chi connectivity index (χ2v) is 13.9. The van der Waals surface area contributed by atoms with E-state index in [9.17, 15) is 14.7 Å². The van der Waals surface area contributed by atoms with Gasteiger partial charge in [0, 0.05) is 100 Å². The Bertz CT molecular complexity index is 2520. The quantitative estimate of drug-likeness (QED) is 0.157. The molecule has 6 aromatic rings. The molecule has 2 aromatic heterocycles. The molecule has 2 aliphatic rings. The number of amides is 2. The number of hydrogen-bond donors (Lipinski definition) is 3. The fourth-order valence-corrected chi connectivity index (χ4v) is 7.29. The molecule has 0 fully saturated rings. The van der Waals surface area contributed by atoms with Crippen molar-refractivity contribution >= 4 is 18.0 Å². The molecule has 4 aromatic carbocycles. The number of benzene rings is 4. The summed E-state index contributed by atoms with van der Waals surface area (Å²) in [4.78, 5) is 49.3. The first-order valence-corrected chi connectivity index (χ1v) is 17.3. The van der Waals surface area contributed by atoms with E-state index >= 15 is 0 Å². The number of aliphatic hydroxyl groups is 1. The number of carbonyl (C=O) groups is 2. The van der Waals surface area contributed by atoms with Gasteiger partial charge in [-0.15, -0.1) is 11.1 Å². The second-order valence-electron chi connectivity index (χ2n) is 13.9. The van der Waals surface area contributed by atoms with Gasteiger partial charge in [-0.05, 0) is 72.6 Å². The van der Waals surface area contributed by atoms with Crippen LogP contribution < -0.4 is 11.5 Å². The van der Waals surface area contributed by atoms with E-state index in [1.165, 1.54) is 11.1 Å². The van der Waals surface area contributed by atoms with Gasteiger partial charge in [0.2, 0.25) is 0 Å². The Morgan fingerprint density at radius 2 is 1.12 bits per heavy atom. The Morgan fingerprint density at radius 3 is 1.54 bits per heavy atom. The van der Waals surface area contributed by atoms with Crippen molar-refractivity contribution in [1.82, 2.24) is 9.97 Å². The van der Waals surface area contributed by atoms with E-state index in [0.717, 1.165) is 84.6 Å². The molecule has 8 rings (SSSR count). The Labute approximate surface area is 376 Å². The SMILES string of the molecule is Cc1[c-]cccc1-c1ncc(C(N)=O)c2c1-c1ccc(C(C)(C)O)cc1C2.Cc1ccc2c(c1)Cc1c(C(N)=O)cnc(-c3ccc[c-]c3C)c1-2.O=C=O.[Y].[Y]. The van der Waals surface area contributed by atoms with Crippen molar-refractivity contribution in [3.8, 4) is 44.8 Å². The summed E-state index contributed by atoms with van der Waals surface area (Å²) in [5, 5.41) is 10.4. The van der Waals surface area contributed by atoms with Crippen LogP contribution in [-0.4, -0.2) is 33.0 Å². The summed E-state index contributed by atoms with van der Waals surface area (Å²) in [5.41, 5.74) is 27.4. The molecule has 2 heterocycles. The monoisotopic (exact) mass is 892 g/mol. The number of pyridine rings is 2. The molecule has 2 amide bonds. The predicted octanol–water partition coefficient (Wildman–Crippen LogP) is 7.00. The van der Waals surface area contributed by atoms with E-state index in [-0.39, 0.29) is 71.6 Å². The topological polar surface area (TPSA) is 166 Å². The first-order chi connectivity index (χ1) is 25.7. The first kappa shape index (κ1) is 44.4. The summed E-state index contributed by atoms with van der Waals surface area (Å²) in [6.07, 6.45) is 4.75. The molecule has 11 heteroatoms. The molecular weight excluding hydrogens is 854 g/mol. The zero-order valence-corrected chi connectivity index (χ0v) is 37.5. The van der Waals surface area contributed by atoms with Gasteiger partial charge in [-0.25, -0.2) is 0 Å². The van der Waals surface area contributed by atoms with Gasteiger partial charge in [-0.1, -0.05) is 55.8 Å². The van der Waals surface area contributed by atoms with Crippen LogP contribution in [0.3, 0.4) is 0 Å². The van der Waals surface area contributed by atoms with Gasteiger partial charge in [-0.2, -0.15) is 69.2 Å². The minimum absolute atomic E-state index is 0. The van der Waals surface area contributed by atoms with Crippen molar-refractivity contribution in [3.63, 3.8) is 0 Å². The maximum absolute atomic E-state index is 12.0. The molecule has 2 radical (unpaired) electrons.